The molecule has 0 bridgehead atoms. The highest BCUT2D eigenvalue weighted by molar-refractivity contribution is 5.87. The molecule has 0 unspecified atom stereocenters. The lowest BCUT2D eigenvalue weighted by Gasteiger charge is -2.10. The molecule has 0 fully saturated rings. The van der Waals surface area contributed by atoms with Crippen molar-refractivity contribution in [3.8, 4) is 11.5 Å². The molecule has 6 heteroatoms. The molecular formula is C23H17F2NO3. The second-order valence-electron chi connectivity index (χ2n) is 6.72. The van der Waals surface area contributed by atoms with Gasteiger partial charge >= 0.3 is 5.97 Å². The third kappa shape index (κ3) is 4.27. The van der Waals surface area contributed by atoms with E-state index in [1.807, 2.05) is 41.1 Å². The number of carboxylic acid groups (broad SMARTS) is 1. The Labute approximate surface area is 165 Å². The number of carbonyl (C=O) groups is 1. The molecule has 0 aliphatic carbocycles. The lowest BCUT2D eigenvalue weighted by molar-refractivity contribution is -0.136. The first-order valence-electron chi connectivity index (χ1n) is 8.99. The average molecular weight is 393 g/mol. The van der Waals surface area contributed by atoms with Gasteiger partial charge in [-0.1, -0.05) is 30.3 Å². The minimum absolute atomic E-state index is 0.0538. The Balaban J connectivity index is 1.62. The van der Waals surface area contributed by atoms with Gasteiger partial charge < -0.3 is 14.4 Å². The van der Waals surface area contributed by atoms with Gasteiger partial charge in [0.25, 0.3) is 0 Å². The zero-order chi connectivity index (χ0) is 20.4. The molecule has 1 aromatic heterocycles. The van der Waals surface area contributed by atoms with Crippen LogP contribution in [0.1, 0.15) is 11.1 Å². The van der Waals surface area contributed by atoms with Crippen LogP contribution in [-0.2, 0) is 17.8 Å². The van der Waals surface area contributed by atoms with Crippen LogP contribution in [0.3, 0.4) is 0 Å². The molecule has 0 radical (unpaired) electrons. The highest BCUT2D eigenvalue weighted by atomic mass is 19.1. The third-order valence-corrected chi connectivity index (χ3v) is 4.54. The van der Waals surface area contributed by atoms with E-state index in [0.717, 1.165) is 40.2 Å². The van der Waals surface area contributed by atoms with Crippen LogP contribution < -0.4 is 4.74 Å². The monoisotopic (exact) mass is 393 g/mol. The van der Waals surface area contributed by atoms with Crippen LogP contribution in [0, 0.1) is 11.6 Å². The molecular weight excluding hydrogens is 376 g/mol. The van der Waals surface area contributed by atoms with Crippen molar-refractivity contribution in [1.82, 2.24) is 4.57 Å². The van der Waals surface area contributed by atoms with Crippen molar-refractivity contribution in [3.05, 3.63) is 95.7 Å². The van der Waals surface area contributed by atoms with Gasteiger partial charge in [-0.05, 0) is 29.3 Å². The van der Waals surface area contributed by atoms with Crippen LogP contribution in [0.15, 0.2) is 72.9 Å². The van der Waals surface area contributed by atoms with Crippen LogP contribution in [0.4, 0.5) is 8.78 Å². The minimum Gasteiger partial charge on any atom is -0.481 e. The van der Waals surface area contributed by atoms with E-state index in [1.54, 1.807) is 18.2 Å². The number of benzene rings is 3. The molecule has 0 atom stereocenters. The Hall–Kier alpha value is -3.67. The van der Waals surface area contributed by atoms with Crippen LogP contribution in [0.25, 0.3) is 10.9 Å². The maximum atomic E-state index is 13.4. The van der Waals surface area contributed by atoms with E-state index in [1.165, 1.54) is 0 Å². The largest absolute Gasteiger partial charge is 0.481 e. The maximum Gasteiger partial charge on any atom is 0.307 e. The van der Waals surface area contributed by atoms with Crippen molar-refractivity contribution >= 4 is 16.9 Å². The molecule has 0 aliphatic rings. The van der Waals surface area contributed by atoms with E-state index in [2.05, 4.69) is 0 Å². The van der Waals surface area contributed by atoms with Gasteiger partial charge in [0, 0.05) is 41.8 Å². The minimum atomic E-state index is -0.884. The molecule has 0 aliphatic heterocycles. The van der Waals surface area contributed by atoms with Gasteiger partial charge in [-0.2, -0.15) is 0 Å². The van der Waals surface area contributed by atoms with E-state index in [-0.39, 0.29) is 12.2 Å². The Morgan fingerprint density at radius 3 is 2.45 bits per heavy atom. The summed E-state index contributed by atoms with van der Waals surface area (Å²) in [5, 5.41) is 10.1. The Kier molecular flexibility index (Phi) is 4.99. The normalized spacial score (nSPS) is 11.0. The number of carboxylic acids is 1. The average Bonchev–Trinajstić information content (AvgIpc) is 2.98. The number of hydrogen-bond acceptors (Lipinski definition) is 2. The summed E-state index contributed by atoms with van der Waals surface area (Å²) < 4.78 is 34.3. The van der Waals surface area contributed by atoms with E-state index >= 15 is 0 Å². The predicted molar refractivity (Wildman–Crippen MR) is 105 cm³/mol. The van der Waals surface area contributed by atoms with Gasteiger partial charge in [-0.25, -0.2) is 8.78 Å². The number of halogens is 2. The lowest BCUT2D eigenvalue weighted by atomic mass is 10.1. The van der Waals surface area contributed by atoms with E-state index < -0.39 is 17.6 Å². The summed E-state index contributed by atoms with van der Waals surface area (Å²) in [6.07, 6.45) is 1.79. The number of hydrogen-bond donors (Lipinski definition) is 1. The molecule has 29 heavy (non-hydrogen) atoms. The van der Waals surface area contributed by atoms with Gasteiger partial charge in [0.05, 0.1) is 6.42 Å². The van der Waals surface area contributed by atoms with Crippen LogP contribution >= 0.6 is 0 Å². The van der Waals surface area contributed by atoms with Crippen molar-refractivity contribution < 1.29 is 23.4 Å². The number of aliphatic carboxylic acids is 1. The molecule has 0 spiro atoms. The number of rotatable bonds is 6. The summed E-state index contributed by atoms with van der Waals surface area (Å²) in [6.45, 7) is 0.495. The summed E-state index contributed by atoms with van der Waals surface area (Å²) in [5.74, 6) is -1.77. The first kappa shape index (κ1) is 18.7. The van der Waals surface area contributed by atoms with E-state index in [4.69, 9.17) is 9.84 Å². The van der Waals surface area contributed by atoms with Crippen molar-refractivity contribution in [2.75, 3.05) is 0 Å². The zero-order valence-corrected chi connectivity index (χ0v) is 15.3. The fourth-order valence-electron chi connectivity index (χ4n) is 3.39. The summed E-state index contributed by atoms with van der Waals surface area (Å²) in [4.78, 5) is 11.2. The van der Waals surface area contributed by atoms with Gasteiger partial charge in [0.1, 0.15) is 23.1 Å². The third-order valence-electron chi connectivity index (χ3n) is 4.54. The zero-order valence-electron chi connectivity index (χ0n) is 15.3. The number of ether oxygens (including phenoxy) is 1. The molecule has 4 aromatic rings. The number of fused-ring (bicyclic) bond motifs is 1. The predicted octanol–water partition coefficient (Wildman–Crippen LogP) is 5.39. The second kappa shape index (κ2) is 7.75. The number of para-hydroxylation sites is 1. The molecule has 3 aromatic carbocycles. The highest BCUT2D eigenvalue weighted by Gasteiger charge is 2.12. The molecule has 1 heterocycles. The molecule has 0 saturated carbocycles. The van der Waals surface area contributed by atoms with E-state index in [9.17, 15) is 13.6 Å². The molecule has 0 saturated heterocycles. The molecule has 0 amide bonds. The fourth-order valence-corrected chi connectivity index (χ4v) is 3.39. The molecule has 4 nitrogen and oxygen atoms in total. The lowest BCUT2D eigenvalue weighted by Crippen LogP contribution is -2.00. The fraction of sp³-hybridized carbons (Fsp3) is 0.0870. The smallest absolute Gasteiger partial charge is 0.307 e. The van der Waals surface area contributed by atoms with E-state index in [0.29, 0.717) is 12.3 Å². The number of nitrogens with zero attached hydrogens (tertiary/aromatic N) is 1. The maximum absolute atomic E-state index is 13.4. The second-order valence-corrected chi connectivity index (χ2v) is 6.72. The van der Waals surface area contributed by atoms with Crippen LogP contribution in [-0.4, -0.2) is 15.6 Å². The van der Waals surface area contributed by atoms with Gasteiger partial charge in [-0.3, -0.25) is 4.79 Å². The van der Waals surface area contributed by atoms with Crippen LogP contribution in [0.5, 0.6) is 11.5 Å². The first-order chi connectivity index (χ1) is 14.0. The summed E-state index contributed by atoms with van der Waals surface area (Å²) >= 11 is 0. The summed E-state index contributed by atoms with van der Waals surface area (Å²) in [7, 11) is 0. The molecule has 146 valence electrons. The Morgan fingerprint density at radius 2 is 1.69 bits per heavy atom. The molecule has 1 N–H and O–H groups in total. The van der Waals surface area contributed by atoms with Gasteiger partial charge in [0.2, 0.25) is 0 Å². The SMILES string of the molecule is O=C(O)Cc1cn(Cc2cccc(Oc3cc(F)cc(F)c3)c2)c2ccccc12. The van der Waals surface area contributed by atoms with Gasteiger partial charge in [0.15, 0.2) is 0 Å². The van der Waals surface area contributed by atoms with Crippen LogP contribution in [0.2, 0.25) is 0 Å². The Morgan fingerprint density at radius 1 is 0.931 bits per heavy atom. The summed E-state index contributed by atoms with van der Waals surface area (Å²) in [5.41, 5.74) is 2.58. The molecule has 4 rings (SSSR count). The first-order valence-corrected chi connectivity index (χ1v) is 8.99. The highest BCUT2D eigenvalue weighted by Crippen LogP contribution is 2.26. The van der Waals surface area contributed by atoms with Crippen molar-refractivity contribution in [3.63, 3.8) is 0 Å². The Bertz CT molecular complexity index is 1180. The van der Waals surface area contributed by atoms with Crippen molar-refractivity contribution in [1.29, 1.82) is 0 Å². The van der Waals surface area contributed by atoms with Gasteiger partial charge in [-0.15, -0.1) is 0 Å². The standard InChI is InChI=1S/C23H17F2NO3/c24-17-10-18(25)12-20(11-17)29-19-5-3-4-15(8-19)13-26-14-16(9-23(27)28)21-6-1-2-7-22(21)26/h1-8,10-12,14H,9,13H2,(H,27,28). The van der Waals surface area contributed by atoms with Crippen molar-refractivity contribution in [2.24, 2.45) is 0 Å². The van der Waals surface area contributed by atoms with Crippen molar-refractivity contribution in [2.45, 2.75) is 13.0 Å². The summed E-state index contributed by atoms with van der Waals surface area (Å²) in [6, 6.07) is 17.8. The topological polar surface area (TPSA) is 51.5 Å². The number of aromatic nitrogens is 1. The quantitative estimate of drug-likeness (QED) is 0.478.